The van der Waals surface area contributed by atoms with Crippen molar-refractivity contribution in [3.05, 3.63) is 35.9 Å². The van der Waals surface area contributed by atoms with Crippen molar-refractivity contribution in [2.75, 3.05) is 20.6 Å². The molecule has 0 saturated carbocycles. The summed E-state index contributed by atoms with van der Waals surface area (Å²) in [6, 6.07) is 11.6. The lowest BCUT2D eigenvalue weighted by Crippen LogP contribution is -2.35. The summed E-state index contributed by atoms with van der Waals surface area (Å²) in [5.74, 6) is 0. The highest BCUT2D eigenvalue weighted by atomic mass is 15.1. The molecule has 1 atom stereocenters. The maximum Gasteiger partial charge on any atom is 0.0208 e. The van der Waals surface area contributed by atoms with Crippen LogP contribution in [0.4, 0.5) is 0 Å². The molecule has 0 amide bonds. The van der Waals surface area contributed by atoms with Gasteiger partial charge in [-0.1, -0.05) is 24.3 Å². The summed E-state index contributed by atoms with van der Waals surface area (Å²) in [5, 5.41) is 3.47. The Morgan fingerprint density at radius 1 is 1.36 bits per heavy atom. The molecule has 1 aromatic carbocycles. The first-order chi connectivity index (χ1) is 6.68. The molecule has 0 spiro atoms. The number of rotatable bonds is 5. The Hall–Kier alpha value is -0.860. The number of hydrogen-bond donors (Lipinski definition) is 1. The van der Waals surface area contributed by atoms with E-state index in [0.717, 1.165) is 13.1 Å². The van der Waals surface area contributed by atoms with Crippen molar-refractivity contribution in [2.45, 2.75) is 19.5 Å². The van der Waals surface area contributed by atoms with Gasteiger partial charge < -0.3 is 10.2 Å². The molecule has 1 aromatic rings. The summed E-state index contributed by atoms with van der Waals surface area (Å²) in [6.07, 6.45) is 0. The summed E-state index contributed by atoms with van der Waals surface area (Å²) >= 11 is 0. The Labute approximate surface area is 86.9 Å². The molecular weight excluding hydrogens is 172 g/mol. The van der Waals surface area contributed by atoms with Gasteiger partial charge in [0.05, 0.1) is 0 Å². The SMILES string of the molecule is CC(CN(C)C)NCc1cc[c]cc1. The predicted molar refractivity (Wildman–Crippen MR) is 60.1 cm³/mol. The van der Waals surface area contributed by atoms with Gasteiger partial charge in [-0.3, -0.25) is 0 Å². The molecule has 0 aliphatic heterocycles. The van der Waals surface area contributed by atoms with Gasteiger partial charge in [-0.15, -0.1) is 0 Å². The van der Waals surface area contributed by atoms with Crippen LogP contribution in [0.2, 0.25) is 0 Å². The zero-order chi connectivity index (χ0) is 10.4. The van der Waals surface area contributed by atoms with Crippen molar-refractivity contribution >= 4 is 0 Å². The summed E-state index contributed by atoms with van der Waals surface area (Å²) in [5.41, 5.74) is 1.31. The second-order valence-corrected chi connectivity index (χ2v) is 3.95. The van der Waals surface area contributed by atoms with Crippen LogP contribution in [0.25, 0.3) is 0 Å². The second-order valence-electron chi connectivity index (χ2n) is 3.95. The van der Waals surface area contributed by atoms with Gasteiger partial charge in [0.15, 0.2) is 0 Å². The smallest absolute Gasteiger partial charge is 0.0208 e. The van der Waals surface area contributed by atoms with Crippen molar-refractivity contribution < 1.29 is 0 Å². The molecule has 77 valence electrons. The molecule has 0 aliphatic carbocycles. The minimum atomic E-state index is 0.522. The topological polar surface area (TPSA) is 15.3 Å². The third-order valence-electron chi connectivity index (χ3n) is 2.08. The number of likely N-dealkylation sites (N-methyl/N-ethyl adjacent to an activating group) is 1. The average molecular weight is 191 g/mol. The fraction of sp³-hybridized carbons (Fsp3) is 0.500. The van der Waals surface area contributed by atoms with Crippen LogP contribution >= 0.6 is 0 Å². The molecule has 0 aliphatic rings. The highest BCUT2D eigenvalue weighted by Crippen LogP contribution is 1.97. The average Bonchev–Trinajstić information content (AvgIpc) is 2.15. The number of hydrogen-bond acceptors (Lipinski definition) is 2. The fourth-order valence-electron chi connectivity index (χ4n) is 1.44. The Balaban J connectivity index is 2.27. The van der Waals surface area contributed by atoms with E-state index in [0.29, 0.717) is 6.04 Å². The van der Waals surface area contributed by atoms with Crippen molar-refractivity contribution in [1.29, 1.82) is 0 Å². The van der Waals surface area contributed by atoms with E-state index in [1.807, 2.05) is 12.1 Å². The molecule has 0 aromatic heterocycles. The van der Waals surface area contributed by atoms with Crippen LogP contribution < -0.4 is 5.32 Å². The number of nitrogens with one attached hydrogen (secondary N) is 1. The van der Waals surface area contributed by atoms with Crippen LogP contribution in [0.15, 0.2) is 24.3 Å². The van der Waals surface area contributed by atoms with E-state index in [2.05, 4.69) is 49.4 Å². The van der Waals surface area contributed by atoms with E-state index in [1.165, 1.54) is 5.56 Å². The second kappa shape index (κ2) is 5.78. The van der Waals surface area contributed by atoms with Crippen molar-refractivity contribution in [1.82, 2.24) is 10.2 Å². The van der Waals surface area contributed by atoms with Crippen LogP contribution in [-0.2, 0) is 6.54 Å². The van der Waals surface area contributed by atoms with Gasteiger partial charge in [0, 0.05) is 19.1 Å². The molecule has 2 heteroatoms. The van der Waals surface area contributed by atoms with Crippen LogP contribution in [-0.4, -0.2) is 31.6 Å². The standard InChI is InChI=1S/C12H19N2/c1-11(10-14(2)3)13-9-12-7-5-4-6-8-12/h5-8,11,13H,9-10H2,1-3H3. The Morgan fingerprint density at radius 3 is 2.57 bits per heavy atom. The molecular formula is C12H19N2. The van der Waals surface area contributed by atoms with Gasteiger partial charge in [-0.05, 0) is 32.6 Å². The molecule has 0 bridgehead atoms. The highest BCUT2D eigenvalue weighted by Gasteiger charge is 2.01. The predicted octanol–water partition coefficient (Wildman–Crippen LogP) is 1.53. The van der Waals surface area contributed by atoms with Crippen LogP contribution in [0, 0.1) is 6.07 Å². The van der Waals surface area contributed by atoms with E-state index >= 15 is 0 Å². The molecule has 1 rings (SSSR count). The lowest BCUT2D eigenvalue weighted by atomic mass is 10.2. The summed E-state index contributed by atoms with van der Waals surface area (Å²) in [7, 11) is 4.19. The molecule has 0 saturated heterocycles. The van der Waals surface area contributed by atoms with Gasteiger partial charge >= 0.3 is 0 Å². The summed E-state index contributed by atoms with van der Waals surface area (Å²) in [6.45, 7) is 4.21. The fourth-order valence-corrected chi connectivity index (χ4v) is 1.44. The van der Waals surface area contributed by atoms with E-state index in [4.69, 9.17) is 0 Å². The van der Waals surface area contributed by atoms with Gasteiger partial charge in [0.1, 0.15) is 0 Å². The first kappa shape index (κ1) is 11.2. The van der Waals surface area contributed by atoms with Gasteiger partial charge in [-0.2, -0.15) is 0 Å². The Morgan fingerprint density at radius 2 is 2.00 bits per heavy atom. The van der Waals surface area contributed by atoms with Crippen LogP contribution in [0.5, 0.6) is 0 Å². The molecule has 2 nitrogen and oxygen atoms in total. The van der Waals surface area contributed by atoms with Crippen molar-refractivity contribution in [3.63, 3.8) is 0 Å². The molecule has 1 unspecified atom stereocenters. The van der Waals surface area contributed by atoms with E-state index in [9.17, 15) is 0 Å². The first-order valence-corrected chi connectivity index (χ1v) is 5.01. The minimum absolute atomic E-state index is 0.522. The van der Waals surface area contributed by atoms with Gasteiger partial charge in [-0.25, -0.2) is 0 Å². The van der Waals surface area contributed by atoms with Crippen molar-refractivity contribution in [3.8, 4) is 0 Å². The monoisotopic (exact) mass is 191 g/mol. The number of benzene rings is 1. The number of nitrogens with zero attached hydrogens (tertiary/aromatic N) is 1. The Bertz CT molecular complexity index is 244. The maximum atomic E-state index is 3.47. The lowest BCUT2D eigenvalue weighted by Gasteiger charge is -2.18. The van der Waals surface area contributed by atoms with E-state index < -0.39 is 0 Å². The van der Waals surface area contributed by atoms with Gasteiger partial charge in [0.2, 0.25) is 0 Å². The van der Waals surface area contributed by atoms with Gasteiger partial charge in [0.25, 0.3) is 0 Å². The van der Waals surface area contributed by atoms with Crippen LogP contribution in [0.3, 0.4) is 0 Å². The van der Waals surface area contributed by atoms with E-state index in [-0.39, 0.29) is 0 Å². The lowest BCUT2D eigenvalue weighted by molar-refractivity contribution is 0.349. The van der Waals surface area contributed by atoms with Crippen LogP contribution in [0.1, 0.15) is 12.5 Å². The maximum absolute atomic E-state index is 3.47. The molecule has 1 N–H and O–H groups in total. The minimum Gasteiger partial charge on any atom is -0.309 e. The quantitative estimate of drug-likeness (QED) is 0.759. The van der Waals surface area contributed by atoms with E-state index in [1.54, 1.807) is 0 Å². The molecule has 0 fully saturated rings. The normalized spacial score (nSPS) is 13.1. The zero-order valence-corrected chi connectivity index (χ0v) is 9.25. The molecule has 0 heterocycles. The third-order valence-corrected chi connectivity index (χ3v) is 2.08. The third kappa shape index (κ3) is 4.40. The first-order valence-electron chi connectivity index (χ1n) is 5.01. The summed E-state index contributed by atoms with van der Waals surface area (Å²) in [4.78, 5) is 2.19. The zero-order valence-electron chi connectivity index (χ0n) is 9.25. The largest absolute Gasteiger partial charge is 0.309 e. The molecule has 14 heavy (non-hydrogen) atoms. The van der Waals surface area contributed by atoms with Crippen molar-refractivity contribution in [2.24, 2.45) is 0 Å². The summed E-state index contributed by atoms with van der Waals surface area (Å²) < 4.78 is 0. The Kier molecular flexibility index (Phi) is 4.63. The highest BCUT2D eigenvalue weighted by molar-refractivity contribution is 5.13. The molecule has 1 radical (unpaired) electrons.